The molecule has 0 atom stereocenters. The van der Waals surface area contributed by atoms with Crippen molar-refractivity contribution >= 4 is 3.21 Å². The summed E-state index contributed by atoms with van der Waals surface area (Å²) in [5.41, 5.74) is 11.6. The van der Waals surface area contributed by atoms with E-state index in [1.54, 1.807) is 24.2 Å². The molecular formula is C41H56Zr. The summed E-state index contributed by atoms with van der Waals surface area (Å²) >= 11 is 1.74. The molecule has 3 aliphatic rings. The zero-order chi connectivity index (χ0) is 30.5. The fourth-order valence-electron chi connectivity index (χ4n) is 7.55. The minimum Gasteiger partial charge on any atom is -0.214 e. The van der Waals surface area contributed by atoms with E-state index in [9.17, 15) is 0 Å². The van der Waals surface area contributed by atoms with Gasteiger partial charge < -0.3 is 0 Å². The van der Waals surface area contributed by atoms with E-state index in [1.807, 2.05) is 33.5 Å². The summed E-state index contributed by atoms with van der Waals surface area (Å²) < 4.78 is 1.90. The molecule has 2 saturated carbocycles. The molecule has 0 saturated heterocycles. The van der Waals surface area contributed by atoms with Crippen LogP contribution in [0.25, 0.3) is 11.1 Å². The van der Waals surface area contributed by atoms with Gasteiger partial charge in [-0.3, -0.25) is 0 Å². The molecule has 1 heteroatoms. The molecule has 3 aliphatic carbocycles. The van der Waals surface area contributed by atoms with E-state index < -0.39 is 0 Å². The van der Waals surface area contributed by atoms with Gasteiger partial charge in [-0.2, -0.15) is 35.9 Å². The van der Waals surface area contributed by atoms with Crippen molar-refractivity contribution in [1.29, 1.82) is 0 Å². The van der Waals surface area contributed by atoms with Gasteiger partial charge in [0.25, 0.3) is 0 Å². The molecule has 0 N–H and O–H groups in total. The molecule has 42 heavy (non-hydrogen) atoms. The van der Waals surface area contributed by atoms with Crippen LogP contribution in [0.15, 0.2) is 48.5 Å². The summed E-state index contributed by atoms with van der Waals surface area (Å²) in [6.45, 7) is 18.2. The topological polar surface area (TPSA) is 0 Å². The van der Waals surface area contributed by atoms with Crippen LogP contribution < -0.4 is 0 Å². The first-order valence-corrected chi connectivity index (χ1v) is 18.0. The second kappa shape index (κ2) is 14.5. The van der Waals surface area contributed by atoms with Gasteiger partial charge in [0.05, 0.1) is 0 Å². The summed E-state index contributed by atoms with van der Waals surface area (Å²) in [7, 11) is 0. The van der Waals surface area contributed by atoms with Crippen molar-refractivity contribution in [3.63, 3.8) is 0 Å². The average Bonchev–Trinajstić information content (AvgIpc) is 3.71. The Balaban J connectivity index is 0.000000179. The van der Waals surface area contributed by atoms with Gasteiger partial charge in [-0.25, -0.2) is 12.1 Å². The monoisotopic (exact) mass is 638 g/mol. The fraction of sp³-hybridized carbons (Fsp3) is 0.561. The number of fused-ring (bicyclic) bond motifs is 3. The van der Waals surface area contributed by atoms with E-state index in [1.165, 1.54) is 109 Å². The Morgan fingerprint density at radius 1 is 0.762 bits per heavy atom. The Morgan fingerprint density at radius 2 is 1.26 bits per heavy atom. The third kappa shape index (κ3) is 9.03. The van der Waals surface area contributed by atoms with Crippen molar-refractivity contribution in [2.45, 2.75) is 137 Å². The van der Waals surface area contributed by atoms with Crippen molar-refractivity contribution in [2.24, 2.45) is 11.8 Å². The maximum absolute atomic E-state index is 3.69. The molecule has 0 radical (unpaired) electrons. The van der Waals surface area contributed by atoms with Crippen LogP contribution in [0.5, 0.6) is 0 Å². The van der Waals surface area contributed by atoms with Gasteiger partial charge in [0, 0.05) is 0 Å². The standard InChI is InChI=1S/C23H29.C13H22.C5H5.Zr/c1-14-9-16-11-17-10-15(2)21(23(6,7)8)13-19(17)18(16)12-20(14)22(3,4)5;1-2-7-12(6-1)10-5-11-13-8-3-4-9-13;1-2-4-5-3-1;/h9,12-13H,11H2,1-8H3;12-13H,1-4,6-11H2;1-5H;/q-1;;-1;+2. The van der Waals surface area contributed by atoms with Gasteiger partial charge in [0.2, 0.25) is 0 Å². The number of aryl methyl sites for hydroxylation is 2. The summed E-state index contributed by atoms with van der Waals surface area (Å²) in [4.78, 5) is 0. The third-order valence-electron chi connectivity index (χ3n) is 9.66. The normalized spacial score (nSPS) is 16.8. The van der Waals surface area contributed by atoms with Crippen molar-refractivity contribution in [2.75, 3.05) is 0 Å². The van der Waals surface area contributed by atoms with E-state index in [4.69, 9.17) is 0 Å². The molecule has 0 aromatic heterocycles. The van der Waals surface area contributed by atoms with E-state index in [0.29, 0.717) is 0 Å². The second-order valence-electron chi connectivity index (χ2n) is 15.5. The van der Waals surface area contributed by atoms with Crippen LogP contribution in [-0.4, -0.2) is 3.21 Å². The van der Waals surface area contributed by atoms with Crippen molar-refractivity contribution < 1.29 is 24.2 Å². The molecule has 0 nitrogen and oxygen atoms in total. The molecule has 0 bridgehead atoms. The van der Waals surface area contributed by atoms with Crippen LogP contribution in [0.2, 0.25) is 0 Å². The first-order valence-electron chi connectivity index (χ1n) is 16.8. The molecule has 3 aromatic carbocycles. The Kier molecular flexibility index (Phi) is 11.6. The van der Waals surface area contributed by atoms with E-state index >= 15 is 0 Å². The van der Waals surface area contributed by atoms with Crippen LogP contribution in [-0.2, 0) is 41.5 Å². The predicted octanol–water partition coefficient (Wildman–Crippen LogP) is 11.5. The maximum Gasteiger partial charge on any atom is -0.172 e. The molecule has 0 spiro atoms. The van der Waals surface area contributed by atoms with Crippen molar-refractivity contribution in [3.8, 4) is 11.1 Å². The molecule has 0 unspecified atom stereocenters. The van der Waals surface area contributed by atoms with Gasteiger partial charge in [0.1, 0.15) is 0 Å². The molecule has 3 aromatic rings. The van der Waals surface area contributed by atoms with E-state index in [2.05, 4.69) is 79.7 Å². The summed E-state index contributed by atoms with van der Waals surface area (Å²) in [5.74, 6) is 2.18. The zero-order valence-corrected chi connectivity index (χ0v) is 30.5. The van der Waals surface area contributed by atoms with Crippen LogP contribution in [0.4, 0.5) is 0 Å². The largest absolute Gasteiger partial charge is 0.214 e. The van der Waals surface area contributed by atoms with Crippen molar-refractivity contribution in [3.05, 3.63) is 88.0 Å². The van der Waals surface area contributed by atoms with Crippen LogP contribution in [0.1, 0.15) is 139 Å². The molecule has 6 rings (SSSR count). The molecular weight excluding hydrogens is 584 g/mol. The predicted molar refractivity (Wildman–Crippen MR) is 181 cm³/mol. The molecule has 0 amide bonds. The molecule has 2 fully saturated rings. The molecule has 0 heterocycles. The van der Waals surface area contributed by atoms with Gasteiger partial charge in [-0.05, 0) is 35.4 Å². The summed E-state index contributed by atoms with van der Waals surface area (Å²) in [5, 5.41) is 0. The van der Waals surface area contributed by atoms with Crippen LogP contribution in [0, 0.1) is 31.7 Å². The quantitative estimate of drug-likeness (QED) is 0.195. The SMILES string of the molecule is Cc1[c-]c2c(cc1C(C)(C)C)-c1cc(C(C)(C)C)c(C)cc1C2.[Zr+2]=[C](CC1CCCC1)CC1CCCC1.c1cc[cH-]c1. The zero-order valence-electron chi connectivity index (χ0n) is 28.1. The molecule has 224 valence electrons. The van der Waals surface area contributed by atoms with Gasteiger partial charge in [-0.15, -0.1) is 16.7 Å². The smallest absolute Gasteiger partial charge is 0.172 e. The van der Waals surface area contributed by atoms with Crippen LogP contribution >= 0.6 is 0 Å². The summed E-state index contributed by atoms with van der Waals surface area (Å²) in [6.07, 6.45) is 16.2. The summed E-state index contributed by atoms with van der Waals surface area (Å²) in [6, 6.07) is 20.9. The minimum atomic E-state index is 0.163. The third-order valence-corrected chi connectivity index (χ3v) is 10.7. The van der Waals surface area contributed by atoms with Crippen LogP contribution in [0.3, 0.4) is 0 Å². The second-order valence-corrected chi connectivity index (χ2v) is 17.2. The number of hydrogen-bond acceptors (Lipinski definition) is 0. The van der Waals surface area contributed by atoms with E-state index in [-0.39, 0.29) is 10.8 Å². The first-order chi connectivity index (χ1) is 19.8. The Bertz CT molecular complexity index is 1190. The van der Waals surface area contributed by atoms with Crippen molar-refractivity contribution in [1.82, 2.24) is 0 Å². The number of benzene rings is 2. The van der Waals surface area contributed by atoms with E-state index in [0.717, 1.165) is 18.3 Å². The Morgan fingerprint density at radius 3 is 1.71 bits per heavy atom. The van der Waals surface area contributed by atoms with Gasteiger partial charge in [0.15, 0.2) is 0 Å². The molecule has 0 aliphatic heterocycles. The Labute approximate surface area is 273 Å². The van der Waals surface area contributed by atoms with Gasteiger partial charge >= 0.3 is 103 Å². The maximum atomic E-state index is 3.69. The minimum absolute atomic E-state index is 0.163. The number of rotatable bonds is 4. The first kappa shape index (κ1) is 33.4. The fourth-order valence-corrected chi connectivity index (χ4v) is 8.97. The average molecular weight is 640 g/mol. The Hall–Kier alpha value is -1.46. The number of hydrogen-bond donors (Lipinski definition) is 0. The van der Waals surface area contributed by atoms with Gasteiger partial charge in [-0.1, -0.05) is 71.6 Å².